The van der Waals surface area contributed by atoms with Gasteiger partial charge in [0.15, 0.2) is 5.72 Å². The maximum atomic E-state index is 12.1. The maximum absolute atomic E-state index is 12.1. The van der Waals surface area contributed by atoms with E-state index in [1.165, 1.54) is 4.90 Å². The van der Waals surface area contributed by atoms with Gasteiger partial charge < -0.3 is 20.3 Å². The van der Waals surface area contributed by atoms with Crippen molar-refractivity contribution < 1.29 is 14.7 Å². The Labute approximate surface area is 123 Å². The van der Waals surface area contributed by atoms with Crippen LogP contribution >= 0.6 is 15.9 Å². The average molecular weight is 341 g/mol. The van der Waals surface area contributed by atoms with Crippen molar-refractivity contribution >= 4 is 27.9 Å². The second-order valence-corrected chi connectivity index (χ2v) is 6.36. The fraction of sp³-hybridized carbons (Fsp3) is 0.500. The van der Waals surface area contributed by atoms with Crippen molar-refractivity contribution in [3.8, 4) is 0 Å². The van der Waals surface area contributed by atoms with E-state index in [0.29, 0.717) is 12.1 Å². The number of rotatable bonds is 0. The smallest absolute Gasteiger partial charge is 0.319 e. The van der Waals surface area contributed by atoms with Crippen molar-refractivity contribution in [2.45, 2.75) is 30.3 Å². The van der Waals surface area contributed by atoms with Crippen LogP contribution in [0, 0.1) is 0 Å². The fourth-order valence-corrected chi connectivity index (χ4v) is 4.22. The average Bonchev–Trinajstić information content (AvgIpc) is 2.97. The van der Waals surface area contributed by atoms with Crippen molar-refractivity contribution in [3.63, 3.8) is 0 Å². The first kappa shape index (κ1) is 12.2. The second kappa shape index (κ2) is 3.56. The summed E-state index contributed by atoms with van der Waals surface area (Å²) < 4.78 is 2.69. The highest BCUT2D eigenvalue weighted by atomic mass is 79.9. The molecule has 4 rings (SSSR count). The van der Waals surface area contributed by atoms with Gasteiger partial charge in [-0.1, -0.05) is 0 Å². The minimum absolute atomic E-state index is 0.0925. The van der Waals surface area contributed by atoms with Crippen LogP contribution in [0.15, 0.2) is 16.7 Å². The number of fused-ring (bicyclic) bond motifs is 5. The van der Waals surface area contributed by atoms with Crippen molar-refractivity contribution in [2.24, 2.45) is 0 Å². The SMILES string of the molecule is CN1C(=O)NC2[C@H]3NC(=O)c4ccc(Br)n4[C@H]3C[C@@]21O. The molecular formula is C12H13BrN4O3. The van der Waals surface area contributed by atoms with Crippen LogP contribution in [0.2, 0.25) is 0 Å². The summed E-state index contributed by atoms with van der Waals surface area (Å²) >= 11 is 3.44. The molecule has 2 fully saturated rings. The molecular weight excluding hydrogens is 328 g/mol. The monoisotopic (exact) mass is 340 g/mol. The number of carbonyl (C=O) groups is 2. The molecule has 3 N–H and O–H groups in total. The molecule has 0 bridgehead atoms. The summed E-state index contributed by atoms with van der Waals surface area (Å²) in [5, 5.41) is 16.5. The number of carbonyl (C=O) groups excluding carboxylic acids is 2. The summed E-state index contributed by atoms with van der Waals surface area (Å²) in [4.78, 5) is 25.2. The van der Waals surface area contributed by atoms with Crippen LogP contribution in [0.4, 0.5) is 4.79 Å². The molecule has 4 atom stereocenters. The van der Waals surface area contributed by atoms with E-state index < -0.39 is 11.8 Å². The first-order chi connectivity index (χ1) is 9.43. The van der Waals surface area contributed by atoms with E-state index in [1.807, 2.05) is 10.6 Å². The van der Waals surface area contributed by atoms with E-state index in [2.05, 4.69) is 26.6 Å². The highest BCUT2D eigenvalue weighted by Gasteiger charge is 2.63. The van der Waals surface area contributed by atoms with Gasteiger partial charge >= 0.3 is 6.03 Å². The Hall–Kier alpha value is -1.54. The minimum atomic E-state index is -1.27. The summed E-state index contributed by atoms with van der Waals surface area (Å²) in [6, 6.07) is 2.33. The number of aliphatic hydroxyl groups is 1. The maximum Gasteiger partial charge on any atom is 0.319 e. The molecule has 0 spiro atoms. The minimum Gasteiger partial charge on any atom is -0.368 e. The molecule has 7 nitrogen and oxygen atoms in total. The van der Waals surface area contributed by atoms with Crippen molar-refractivity contribution in [3.05, 3.63) is 22.4 Å². The fourth-order valence-electron chi connectivity index (χ4n) is 3.63. The van der Waals surface area contributed by atoms with Gasteiger partial charge in [0, 0.05) is 13.5 Å². The Morgan fingerprint density at radius 3 is 2.90 bits per heavy atom. The van der Waals surface area contributed by atoms with Crippen LogP contribution in [0.5, 0.6) is 0 Å². The van der Waals surface area contributed by atoms with Gasteiger partial charge in [0.2, 0.25) is 0 Å². The first-order valence-corrected chi connectivity index (χ1v) is 7.17. The van der Waals surface area contributed by atoms with Crippen LogP contribution in [-0.4, -0.2) is 51.4 Å². The van der Waals surface area contributed by atoms with E-state index in [-0.39, 0.29) is 24.0 Å². The van der Waals surface area contributed by atoms with E-state index in [9.17, 15) is 14.7 Å². The van der Waals surface area contributed by atoms with E-state index in [1.54, 1.807) is 13.1 Å². The van der Waals surface area contributed by atoms with E-state index in [4.69, 9.17) is 0 Å². The van der Waals surface area contributed by atoms with Crippen molar-refractivity contribution in [1.29, 1.82) is 0 Å². The van der Waals surface area contributed by atoms with Crippen LogP contribution in [0.1, 0.15) is 23.0 Å². The number of likely N-dealkylation sites (N-methyl/N-ethyl adjacent to an activating group) is 1. The topological polar surface area (TPSA) is 86.6 Å². The molecule has 0 aromatic carbocycles. The van der Waals surface area contributed by atoms with Crippen molar-refractivity contribution in [2.75, 3.05) is 7.05 Å². The molecule has 0 radical (unpaired) electrons. The number of nitrogens with zero attached hydrogens (tertiary/aromatic N) is 2. The number of halogens is 1. The number of hydrogen-bond donors (Lipinski definition) is 3. The van der Waals surface area contributed by atoms with Gasteiger partial charge in [0.25, 0.3) is 5.91 Å². The molecule has 1 unspecified atom stereocenters. The Kier molecular flexibility index (Phi) is 2.17. The molecule has 1 aromatic rings. The molecule has 3 heterocycles. The van der Waals surface area contributed by atoms with E-state index >= 15 is 0 Å². The lowest BCUT2D eigenvalue weighted by Crippen LogP contribution is -2.56. The van der Waals surface area contributed by atoms with Crippen LogP contribution in [0.3, 0.4) is 0 Å². The first-order valence-electron chi connectivity index (χ1n) is 6.38. The molecule has 20 heavy (non-hydrogen) atoms. The summed E-state index contributed by atoms with van der Waals surface area (Å²) in [5.41, 5.74) is -0.707. The summed E-state index contributed by atoms with van der Waals surface area (Å²) in [5.74, 6) is -0.190. The standard InChI is InChI=1S/C12H13BrN4O3/c1-16-11(19)15-9-8-6(4-12(9,16)20)17-5(10(18)14-8)2-3-7(17)13/h2-3,6,8-9,20H,4H2,1H3,(H,14,18)(H,15,19)/t6-,8-,9?,12+/m0/s1. The zero-order chi connectivity index (χ0) is 14.2. The Morgan fingerprint density at radius 2 is 2.15 bits per heavy atom. The molecule has 1 saturated heterocycles. The highest BCUT2D eigenvalue weighted by Crippen LogP contribution is 2.46. The van der Waals surface area contributed by atoms with Gasteiger partial charge in [0.05, 0.1) is 16.7 Å². The highest BCUT2D eigenvalue weighted by molar-refractivity contribution is 9.10. The van der Waals surface area contributed by atoms with Crippen molar-refractivity contribution in [1.82, 2.24) is 20.1 Å². The van der Waals surface area contributed by atoms with Gasteiger partial charge in [-0.15, -0.1) is 0 Å². The van der Waals surface area contributed by atoms with Gasteiger partial charge in [0.1, 0.15) is 11.7 Å². The lowest BCUT2D eigenvalue weighted by molar-refractivity contribution is -0.0561. The third-order valence-corrected chi connectivity index (χ3v) is 5.32. The molecule has 3 aliphatic rings. The third-order valence-electron chi connectivity index (χ3n) is 4.68. The predicted octanol–water partition coefficient (Wildman–Crippen LogP) is 0.0196. The lowest BCUT2D eigenvalue weighted by atomic mass is 10.1. The molecule has 1 saturated carbocycles. The zero-order valence-corrected chi connectivity index (χ0v) is 12.2. The third kappa shape index (κ3) is 1.23. The van der Waals surface area contributed by atoms with Gasteiger partial charge in [-0.05, 0) is 28.1 Å². The quantitative estimate of drug-likeness (QED) is 0.622. The summed E-state index contributed by atoms with van der Waals surface area (Å²) in [6.45, 7) is 0. The molecule has 2 aliphatic heterocycles. The number of amides is 3. The number of aromatic nitrogens is 1. The number of nitrogens with one attached hydrogen (secondary N) is 2. The Bertz CT molecular complexity index is 645. The molecule has 8 heteroatoms. The largest absolute Gasteiger partial charge is 0.368 e. The summed E-state index contributed by atoms with van der Waals surface area (Å²) in [6.07, 6.45) is 0.373. The number of hydrogen-bond acceptors (Lipinski definition) is 3. The molecule has 106 valence electrons. The predicted molar refractivity (Wildman–Crippen MR) is 72.1 cm³/mol. The molecule has 1 aliphatic carbocycles. The normalized spacial score (nSPS) is 38.1. The molecule has 3 amide bonds. The van der Waals surface area contributed by atoms with Gasteiger partial charge in [-0.2, -0.15) is 0 Å². The van der Waals surface area contributed by atoms with Crippen LogP contribution < -0.4 is 10.6 Å². The van der Waals surface area contributed by atoms with Gasteiger partial charge in [-0.25, -0.2) is 4.79 Å². The second-order valence-electron chi connectivity index (χ2n) is 5.55. The van der Waals surface area contributed by atoms with Crippen LogP contribution in [-0.2, 0) is 0 Å². The van der Waals surface area contributed by atoms with E-state index in [0.717, 1.165) is 4.60 Å². The van der Waals surface area contributed by atoms with Crippen LogP contribution in [0.25, 0.3) is 0 Å². The van der Waals surface area contributed by atoms with Gasteiger partial charge in [-0.3, -0.25) is 9.69 Å². The summed E-state index contributed by atoms with van der Waals surface area (Å²) in [7, 11) is 1.57. The lowest BCUT2D eigenvalue weighted by Gasteiger charge is -2.32. The Balaban J connectivity index is 1.83. The Morgan fingerprint density at radius 1 is 1.40 bits per heavy atom. The molecule has 1 aromatic heterocycles. The number of urea groups is 1. The zero-order valence-electron chi connectivity index (χ0n) is 10.6.